The van der Waals surface area contributed by atoms with E-state index in [1.54, 1.807) is 12.5 Å². The summed E-state index contributed by atoms with van der Waals surface area (Å²) in [4.78, 5) is 21.3. The molecule has 26 heavy (non-hydrogen) atoms. The van der Waals surface area contributed by atoms with Gasteiger partial charge >= 0.3 is 0 Å². The number of fused-ring (bicyclic) bond motifs is 1. The lowest BCUT2D eigenvalue weighted by atomic mass is 10.1. The van der Waals surface area contributed by atoms with Crippen LogP contribution < -0.4 is 11.1 Å². The van der Waals surface area contributed by atoms with Gasteiger partial charge < -0.3 is 15.6 Å². The first kappa shape index (κ1) is 16.7. The number of hydrogen-bond donors (Lipinski definition) is 2. The van der Waals surface area contributed by atoms with E-state index in [9.17, 15) is 4.79 Å². The molecule has 6 nitrogen and oxygen atoms in total. The minimum Gasteiger partial charge on any atom is -0.349 e. The van der Waals surface area contributed by atoms with E-state index in [2.05, 4.69) is 27.4 Å². The van der Waals surface area contributed by atoms with Crippen LogP contribution in [0.25, 0.3) is 11.2 Å². The highest BCUT2D eigenvalue weighted by Gasteiger charge is 2.23. The maximum absolute atomic E-state index is 12.4. The number of amides is 1. The average molecular weight is 349 g/mol. The van der Waals surface area contributed by atoms with Crippen molar-refractivity contribution < 1.29 is 4.79 Å². The van der Waals surface area contributed by atoms with Gasteiger partial charge in [-0.25, -0.2) is 9.97 Å². The van der Waals surface area contributed by atoms with Crippen molar-refractivity contribution in [2.24, 2.45) is 5.73 Å². The highest BCUT2D eigenvalue weighted by molar-refractivity contribution is 5.96. The monoisotopic (exact) mass is 349 g/mol. The van der Waals surface area contributed by atoms with Crippen molar-refractivity contribution in [1.82, 2.24) is 19.9 Å². The summed E-state index contributed by atoms with van der Waals surface area (Å²) in [5, 5.41) is 3.05. The fraction of sp³-hybridized carbons (Fsp3) is 0.350. The van der Waals surface area contributed by atoms with Gasteiger partial charge in [-0.05, 0) is 37.3 Å². The van der Waals surface area contributed by atoms with Crippen molar-refractivity contribution in [3.63, 3.8) is 0 Å². The summed E-state index contributed by atoms with van der Waals surface area (Å²) in [5.74, 6) is -0.0997. The molecule has 2 aromatic heterocycles. The summed E-state index contributed by atoms with van der Waals surface area (Å²) in [5.41, 5.74) is 9.29. The first-order valence-electron chi connectivity index (χ1n) is 9.10. The molecule has 3 N–H and O–H groups in total. The van der Waals surface area contributed by atoms with Crippen LogP contribution in [-0.2, 0) is 13.0 Å². The summed E-state index contributed by atoms with van der Waals surface area (Å²) in [6.45, 7) is 0.805. The van der Waals surface area contributed by atoms with Crippen LogP contribution >= 0.6 is 0 Å². The Kier molecular flexibility index (Phi) is 4.67. The van der Waals surface area contributed by atoms with E-state index in [1.807, 2.05) is 28.8 Å². The minimum absolute atomic E-state index is 0.0997. The van der Waals surface area contributed by atoms with Crippen LogP contribution in [0.5, 0.6) is 0 Å². The Labute approximate surface area is 152 Å². The molecule has 1 aromatic carbocycles. The summed E-state index contributed by atoms with van der Waals surface area (Å²) in [7, 11) is 0. The molecule has 1 aliphatic carbocycles. The van der Waals surface area contributed by atoms with Crippen molar-refractivity contribution >= 4 is 17.1 Å². The Bertz CT molecular complexity index is 905. The second kappa shape index (κ2) is 7.25. The molecule has 134 valence electrons. The zero-order valence-electron chi connectivity index (χ0n) is 14.6. The lowest BCUT2D eigenvalue weighted by Gasteiger charge is -2.12. The first-order chi connectivity index (χ1) is 12.7. The third-order valence-electron chi connectivity index (χ3n) is 5.01. The van der Waals surface area contributed by atoms with Gasteiger partial charge in [0.2, 0.25) is 0 Å². The number of nitrogens with two attached hydrogens (primary N) is 1. The molecule has 2 atom stereocenters. The van der Waals surface area contributed by atoms with E-state index >= 15 is 0 Å². The van der Waals surface area contributed by atoms with Gasteiger partial charge in [-0.3, -0.25) is 4.79 Å². The Morgan fingerprint density at radius 2 is 2.08 bits per heavy atom. The van der Waals surface area contributed by atoms with Gasteiger partial charge in [0, 0.05) is 24.8 Å². The number of aromatic nitrogens is 3. The molecule has 6 heteroatoms. The van der Waals surface area contributed by atoms with E-state index in [0.717, 1.165) is 43.4 Å². The molecule has 0 saturated heterocycles. The second-order valence-corrected chi connectivity index (χ2v) is 6.98. The molecule has 1 aliphatic rings. The van der Waals surface area contributed by atoms with E-state index < -0.39 is 0 Å². The maximum Gasteiger partial charge on any atom is 0.253 e. The van der Waals surface area contributed by atoms with E-state index in [0.29, 0.717) is 5.56 Å². The van der Waals surface area contributed by atoms with Crippen LogP contribution in [0, 0.1) is 0 Å². The van der Waals surface area contributed by atoms with Gasteiger partial charge in [-0.1, -0.05) is 30.3 Å². The molecule has 0 radical (unpaired) electrons. The number of nitrogens with one attached hydrogen (secondary N) is 1. The Balaban J connectivity index is 1.45. The lowest BCUT2D eigenvalue weighted by Crippen LogP contribution is -2.34. The van der Waals surface area contributed by atoms with Crippen LogP contribution in [0.1, 0.15) is 35.2 Å². The normalized spacial score (nSPS) is 19.7. The number of carbonyl (C=O) groups excluding carboxylic acids is 1. The number of aryl methyl sites for hydroxylation is 2. The summed E-state index contributed by atoms with van der Waals surface area (Å²) in [6, 6.07) is 12.5. The molecule has 0 aliphatic heterocycles. The lowest BCUT2D eigenvalue weighted by molar-refractivity contribution is 0.0937. The van der Waals surface area contributed by atoms with Gasteiger partial charge in [0.1, 0.15) is 5.52 Å². The van der Waals surface area contributed by atoms with Gasteiger partial charge in [-0.15, -0.1) is 0 Å². The predicted molar refractivity (Wildman–Crippen MR) is 101 cm³/mol. The molecule has 3 aromatic rings. The fourth-order valence-electron chi connectivity index (χ4n) is 3.55. The van der Waals surface area contributed by atoms with Crippen molar-refractivity contribution in [3.8, 4) is 0 Å². The van der Waals surface area contributed by atoms with Crippen molar-refractivity contribution in [3.05, 3.63) is 60.0 Å². The largest absolute Gasteiger partial charge is 0.349 e. The summed E-state index contributed by atoms with van der Waals surface area (Å²) >= 11 is 0. The number of benzene rings is 1. The van der Waals surface area contributed by atoms with Crippen molar-refractivity contribution in [1.29, 1.82) is 0 Å². The molecule has 1 amide bonds. The standard InChI is InChI=1S/C20H23N5O/c21-16-6-7-17(11-16)24-20(26)15-10-18-19(22-12-15)25(13-23-18)9-8-14-4-2-1-3-5-14/h1-5,10,12-13,16-17H,6-9,11,21H2,(H,24,26)/t16-,17+/m0/s1. The molecule has 0 unspecified atom stereocenters. The number of rotatable bonds is 5. The quantitative estimate of drug-likeness (QED) is 0.740. The zero-order chi connectivity index (χ0) is 17.9. The van der Waals surface area contributed by atoms with Gasteiger partial charge in [-0.2, -0.15) is 0 Å². The highest BCUT2D eigenvalue weighted by atomic mass is 16.1. The maximum atomic E-state index is 12.4. The molecule has 1 fully saturated rings. The fourth-order valence-corrected chi connectivity index (χ4v) is 3.55. The topological polar surface area (TPSA) is 85.8 Å². The number of nitrogens with zero attached hydrogens (tertiary/aromatic N) is 3. The average Bonchev–Trinajstić information content (AvgIpc) is 3.26. The van der Waals surface area contributed by atoms with E-state index in [4.69, 9.17) is 5.73 Å². The SMILES string of the molecule is N[C@H]1CC[C@@H](NC(=O)c2cnc3c(c2)ncn3CCc2ccccc2)C1. The summed E-state index contributed by atoms with van der Waals surface area (Å²) in [6.07, 6.45) is 7.09. The van der Waals surface area contributed by atoms with Crippen LogP contribution in [0.2, 0.25) is 0 Å². The number of hydrogen-bond acceptors (Lipinski definition) is 4. The summed E-state index contributed by atoms with van der Waals surface area (Å²) < 4.78 is 2.03. The molecule has 1 saturated carbocycles. The molecular weight excluding hydrogens is 326 g/mol. The molecule has 0 bridgehead atoms. The third kappa shape index (κ3) is 3.60. The van der Waals surface area contributed by atoms with Gasteiger partial charge in [0.15, 0.2) is 5.65 Å². The number of pyridine rings is 1. The minimum atomic E-state index is -0.0997. The van der Waals surface area contributed by atoms with Crippen LogP contribution in [0.15, 0.2) is 48.9 Å². The van der Waals surface area contributed by atoms with E-state index in [1.165, 1.54) is 5.56 Å². The predicted octanol–water partition coefficient (Wildman–Crippen LogP) is 2.28. The second-order valence-electron chi connectivity index (χ2n) is 6.98. The molecule has 2 heterocycles. The Morgan fingerprint density at radius 3 is 2.85 bits per heavy atom. The van der Waals surface area contributed by atoms with Crippen LogP contribution in [0.3, 0.4) is 0 Å². The molecule has 0 spiro atoms. The van der Waals surface area contributed by atoms with Gasteiger partial charge in [0.05, 0.1) is 11.9 Å². The Hall–Kier alpha value is -2.73. The smallest absolute Gasteiger partial charge is 0.253 e. The van der Waals surface area contributed by atoms with Crippen molar-refractivity contribution in [2.45, 2.75) is 44.3 Å². The van der Waals surface area contributed by atoms with Crippen molar-refractivity contribution in [2.75, 3.05) is 0 Å². The third-order valence-corrected chi connectivity index (χ3v) is 5.01. The molecule has 4 rings (SSSR count). The van der Waals surface area contributed by atoms with Crippen LogP contribution in [0.4, 0.5) is 0 Å². The highest BCUT2D eigenvalue weighted by Crippen LogP contribution is 2.18. The zero-order valence-corrected chi connectivity index (χ0v) is 14.6. The van der Waals surface area contributed by atoms with Gasteiger partial charge in [0.25, 0.3) is 5.91 Å². The number of imidazole rings is 1. The first-order valence-corrected chi connectivity index (χ1v) is 9.10. The van der Waals surface area contributed by atoms with E-state index in [-0.39, 0.29) is 18.0 Å². The van der Waals surface area contributed by atoms with Crippen LogP contribution in [-0.4, -0.2) is 32.5 Å². The number of carbonyl (C=O) groups is 1. The molecular formula is C20H23N5O. The Morgan fingerprint density at radius 1 is 1.23 bits per heavy atom.